The van der Waals surface area contributed by atoms with E-state index in [1.165, 1.54) is 32.1 Å². The summed E-state index contributed by atoms with van der Waals surface area (Å²) in [6.45, 7) is 2.29. The second-order valence-electron chi connectivity index (χ2n) is 3.38. The van der Waals surface area contributed by atoms with Crippen LogP contribution in [-0.4, -0.2) is 0 Å². The van der Waals surface area contributed by atoms with E-state index in [1.807, 2.05) is 0 Å². The number of rotatable bonds is 1. The van der Waals surface area contributed by atoms with Crippen LogP contribution in [0, 0.1) is 0 Å². The third-order valence-electron chi connectivity index (χ3n) is 2.69. The average Bonchev–Trinajstić information content (AvgIpc) is 2.12. The molecule has 0 aliphatic heterocycles. The molecule has 0 fully saturated rings. The molecule has 0 aromatic heterocycles. The molecule has 0 saturated carbocycles. The first-order valence-corrected chi connectivity index (χ1v) is 4.26. The summed E-state index contributed by atoms with van der Waals surface area (Å²) in [6, 6.07) is 0. The molecular weight excluding hydrogens is 120 g/mol. The van der Waals surface area contributed by atoms with E-state index in [4.69, 9.17) is 0 Å². The molecule has 0 heterocycles. The van der Waals surface area contributed by atoms with Crippen molar-refractivity contribution in [1.29, 1.82) is 0 Å². The van der Waals surface area contributed by atoms with Crippen LogP contribution in [0.3, 0.4) is 0 Å². The Hall–Kier alpha value is -0.520. The molecular formula is C10H14. The summed E-state index contributed by atoms with van der Waals surface area (Å²) in [5.41, 5.74) is 5.02. The fourth-order valence-corrected chi connectivity index (χ4v) is 1.89. The molecule has 0 aromatic carbocycles. The lowest BCUT2D eigenvalue weighted by Gasteiger charge is -2.16. The monoisotopic (exact) mass is 134 g/mol. The Kier molecular flexibility index (Phi) is 1.40. The van der Waals surface area contributed by atoms with Gasteiger partial charge in [-0.2, -0.15) is 0 Å². The Labute approximate surface area is 62.6 Å². The van der Waals surface area contributed by atoms with Crippen LogP contribution >= 0.6 is 0 Å². The topological polar surface area (TPSA) is 0 Å². The zero-order valence-electron chi connectivity index (χ0n) is 6.61. The van der Waals surface area contributed by atoms with Gasteiger partial charge < -0.3 is 0 Å². The Morgan fingerprint density at radius 2 is 2.00 bits per heavy atom. The Bertz CT molecular complexity index is 206. The van der Waals surface area contributed by atoms with Crippen LogP contribution < -0.4 is 0 Å². The first kappa shape index (κ1) is 6.21. The highest BCUT2D eigenvalue weighted by Crippen LogP contribution is 2.36. The van der Waals surface area contributed by atoms with Gasteiger partial charge in [0, 0.05) is 0 Å². The minimum absolute atomic E-state index is 1.33. The van der Waals surface area contributed by atoms with Gasteiger partial charge in [-0.3, -0.25) is 0 Å². The van der Waals surface area contributed by atoms with E-state index in [0.717, 1.165) is 0 Å². The number of allylic oxidation sites excluding steroid dienone is 4. The molecule has 2 aliphatic carbocycles. The number of hydrogen-bond donors (Lipinski definition) is 0. The van der Waals surface area contributed by atoms with Gasteiger partial charge in [-0.1, -0.05) is 11.6 Å². The van der Waals surface area contributed by atoms with Crippen molar-refractivity contribution in [1.82, 2.24) is 0 Å². The summed E-state index contributed by atoms with van der Waals surface area (Å²) >= 11 is 0. The van der Waals surface area contributed by atoms with Crippen LogP contribution in [0.2, 0.25) is 0 Å². The third-order valence-corrected chi connectivity index (χ3v) is 2.69. The average molecular weight is 134 g/mol. The van der Waals surface area contributed by atoms with Gasteiger partial charge in [-0.05, 0) is 50.2 Å². The van der Waals surface area contributed by atoms with Crippen molar-refractivity contribution in [3.8, 4) is 0 Å². The summed E-state index contributed by atoms with van der Waals surface area (Å²) in [4.78, 5) is 0. The molecule has 0 spiro atoms. The van der Waals surface area contributed by atoms with Crippen LogP contribution in [0.5, 0.6) is 0 Å². The Morgan fingerprint density at radius 3 is 2.40 bits per heavy atom. The van der Waals surface area contributed by atoms with Crippen molar-refractivity contribution in [2.45, 2.75) is 39.0 Å². The van der Waals surface area contributed by atoms with Gasteiger partial charge in [0.25, 0.3) is 0 Å². The molecule has 0 aromatic rings. The quantitative estimate of drug-likeness (QED) is 0.516. The Morgan fingerprint density at radius 1 is 1.20 bits per heavy atom. The molecule has 0 amide bonds. The third kappa shape index (κ3) is 0.828. The van der Waals surface area contributed by atoms with E-state index in [1.54, 1.807) is 16.7 Å². The minimum Gasteiger partial charge on any atom is -0.0807 e. The van der Waals surface area contributed by atoms with E-state index in [-0.39, 0.29) is 0 Å². The standard InChI is InChI=1S/C10H14/c1-8-4-2-7-10(8)9-5-3-6-9/h5H,2-4,6-7H2,1H3. The zero-order valence-corrected chi connectivity index (χ0v) is 6.61. The van der Waals surface area contributed by atoms with Crippen molar-refractivity contribution in [2.24, 2.45) is 0 Å². The van der Waals surface area contributed by atoms with Gasteiger partial charge in [0.15, 0.2) is 0 Å². The van der Waals surface area contributed by atoms with Gasteiger partial charge in [0.2, 0.25) is 0 Å². The summed E-state index contributed by atoms with van der Waals surface area (Å²) < 4.78 is 0. The van der Waals surface area contributed by atoms with Crippen LogP contribution in [0.1, 0.15) is 39.0 Å². The van der Waals surface area contributed by atoms with Gasteiger partial charge >= 0.3 is 0 Å². The highest BCUT2D eigenvalue weighted by Gasteiger charge is 2.17. The molecule has 0 radical (unpaired) electrons. The molecule has 0 heteroatoms. The number of hydrogen-bond acceptors (Lipinski definition) is 0. The van der Waals surface area contributed by atoms with Crippen molar-refractivity contribution < 1.29 is 0 Å². The SMILES string of the molecule is CC1=C(C2=CCC2)CCC1. The molecule has 10 heavy (non-hydrogen) atoms. The fraction of sp³-hybridized carbons (Fsp3) is 0.600. The Balaban J connectivity index is 2.23. The molecule has 2 rings (SSSR count). The molecule has 0 atom stereocenters. The van der Waals surface area contributed by atoms with E-state index in [9.17, 15) is 0 Å². The molecule has 0 nitrogen and oxygen atoms in total. The predicted molar refractivity (Wildman–Crippen MR) is 43.9 cm³/mol. The minimum atomic E-state index is 1.33. The summed E-state index contributed by atoms with van der Waals surface area (Å²) in [6.07, 6.45) is 9.19. The van der Waals surface area contributed by atoms with Crippen molar-refractivity contribution >= 4 is 0 Å². The maximum atomic E-state index is 2.39. The first-order chi connectivity index (χ1) is 4.88. The van der Waals surface area contributed by atoms with Gasteiger partial charge in [0.1, 0.15) is 0 Å². The highest BCUT2D eigenvalue weighted by molar-refractivity contribution is 5.40. The first-order valence-electron chi connectivity index (χ1n) is 4.26. The normalized spacial score (nSPS) is 24.7. The molecule has 0 unspecified atom stereocenters. The van der Waals surface area contributed by atoms with Crippen molar-refractivity contribution in [3.63, 3.8) is 0 Å². The van der Waals surface area contributed by atoms with E-state index in [2.05, 4.69) is 13.0 Å². The summed E-state index contributed by atoms with van der Waals surface area (Å²) in [5.74, 6) is 0. The van der Waals surface area contributed by atoms with E-state index < -0.39 is 0 Å². The molecule has 0 saturated heterocycles. The van der Waals surface area contributed by atoms with Crippen LogP contribution in [0.4, 0.5) is 0 Å². The fourth-order valence-electron chi connectivity index (χ4n) is 1.89. The molecule has 54 valence electrons. The maximum absolute atomic E-state index is 2.39. The smallest absolute Gasteiger partial charge is 0.0244 e. The zero-order chi connectivity index (χ0) is 6.97. The largest absolute Gasteiger partial charge is 0.0807 e. The van der Waals surface area contributed by atoms with Gasteiger partial charge in [-0.15, -0.1) is 0 Å². The van der Waals surface area contributed by atoms with Crippen LogP contribution in [-0.2, 0) is 0 Å². The second-order valence-corrected chi connectivity index (χ2v) is 3.38. The maximum Gasteiger partial charge on any atom is -0.0244 e. The van der Waals surface area contributed by atoms with Crippen LogP contribution in [0.15, 0.2) is 22.8 Å². The van der Waals surface area contributed by atoms with Crippen molar-refractivity contribution in [2.75, 3.05) is 0 Å². The summed E-state index contributed by atoms with van der Waals surface area (Å²) in [5, 5.41) is 0. The molecule has 2 aliphatic rings. The van der Waals surface area contributed by atoms with Gasteiger partial charge in [0.05, 0.1) is 0 Å². The predicted octanol–water partition coefficient (Wildman–Crippen LogP) is 3.21. The lowest BCUT2D eigenvalue weighted by atomic mass is 9.90. The highest BCUT2D eigenvalue weighted by atomic mass is 14.2. The molecule has 0 bridgehead atoms. The molecule has 0 N–H and O–H groups in total. The van der Waals surface area contributed by atoms with E-state index in [0.29, 0.717) is 0 Å². The van der Waals surface area contributed by atoms with Crippen molar-refractivity contribution in [3.05, 3.63) is 22.8 Å². The van der Waals surface area contributed by atoms with Crippen LogP contribution in [0.25, 0.3) is 0 Å². The summed E-state index contributed by atoms with van der Waals surface area (Å²) in [7, 11) is 0. The van der Waals surface area contributed by atoms with E-state index >= 15 is 0 Å². The lowest BCUT2D eigenvalue weighted by molar-refractivity contribution is 0.842. The second kappa shape index (κ2) is 2.26. The van der Waals surface area contributed by atoms with Gasteiger partial charge in [-0.25, -0.2) is 0 Å². The lowest BCUT2D eigenvalue weighted by Crippen LogP contribution is -1.96.